The van der Waals surface area contributed by atoms with E-state index >= 15 is 0 Å². The van der Waals surface area contributed by atoms with Crippen LogP contribution in [0.1, 0.15) is 45.6 Å². The smallest absolute Gasteiger partial charge is 0.407 e. The number of methoxy groups -OCH3 is 1. The van der Waals surface area contributed by atoms with Crippen molar-refractivity contribution in [2.75, 3.05) is 7.11 Å². The lowest BCUT2D eigenvalue weighted by Crippen LogP contribution is -2.50. The number of amides is 1. The molecule has 27 heavy (non-hydrogen) atoms. The molecule has 0 saturated heterocycles. The minimum atomic E-state index is -0.871. The quantitative estimate of drug-likeness (QED) is 0.744. The summed E-state index contributed by atoms with van der Waals surface area (Å²) in [5.74, 6) is -0.892. The highest BCUT2D eigenvalue weighted by Crippen LogP contribution is 2.36. The van der Waals surface area contributed by atoms with Gasteiger partial charge in [-0.2, -0.15) is 0 Å². The van der Waals surface area contributed by atoms with E-state index in [9.17, 15) is 14.7 Å². The minimum Gasteiger partial charge on any atom is -0.469 e. The average molecular weight is 377 g/mol. The second kappa shape index (κ2) is 9.22. The molecule has 4 atom stereocenters. The SMILES string of the molecule is COC(=O)[C@H]1CCC[C@@H]1C(O)C(Cc1ccccc1)NC(=O)OC(C)(C)C. The Balaban J connectivity index is 2.17. The van der Waals surface area contributed by atoms with Crippen LogP contribution in [0.4, 0.5) is 4.79 Å². The average Bonchev–Trinajstić information content (AvgIpc) is 3.08. The van der Waals surface area contributed by atoms with Crippen LogP contribution >= 0.6 is 0 Å². The minimum absolute atomic E-state index is 0.249. The fourth-order valence-electron chi connectivity index (χ4n) is 3.72. The highest BCUT2D eigenvalue weighted by Gasteiger charge is 2.41. The topological polar surface area (TPSA) is 84.9 Å². The van der Waals surface area contributed by atoms with Gasteiger partial charge in [0.05, 0.1) is 25.2 Å². The van der Waals surface area contributed by atoms with Crippen molar-refractivity contribution in [1.29, 1.82) is 0 Å². The number of rotatable bonds is 6. The molecule has 150 valence electrons. The fraction of sp³-hybridized carbons (Fsp3) is 0.619. The van der Waals surface area contributed by atoms with Crippen LogP contribution < -0.4 is 5.32 Å². The zero-order chi connectivity index (χ0) is 20.0. The van der Waals surface area contributed by atoms with E-state index in [0.717, 1.165) is 18.4 Å². The van der Waals surface area contributed by atoms with Crippen LogP contribution in [0.15, 0.2) is 30.3 Å². The van der Waals surface area contributed by atoms with Crippen molar-refractivity contribution >= 4 is 12.1 Å². The molecule has 1 aromatic carbocycles. The van der Waals surface area contributed by atoms with E-state index in [1.54, 1.807) is 20.8 Å². The van der Waals surface area contributed by atoms with Gasteiger partial charge >= 0.3 is 12.1 Å². The van der Waals surface area contributed by atoms with Crippen LogP contribution in [0.3, 0.4) is 0 Å². The van der Waals surface area contributed by atoms with Crippen molar-refractivity contribution in [2.24, 2.45) is 11.8 Å². The van der Waals surface area contributed by atoms with Crippen LogP contribution in [0.5, 0.6) is 0 Å². The second-order valence-corrected chi connectivity index (χ2v) is 8.16. The highest BCUT2D eigenvalue weighted by molar-refractivity contribution is 5.73. The standard InChI is InChI=1S/C21H31NO5/c1-21(2,3)27-20(25)22-17(13-14-9-6-5-7-10-14)18(23)15-11-8-12-16(15)19(24)26-4/h5-7,9-10,15-18,23H,8,11-13H2,1-4H3,(H,22,25)/t15-,16-,17?,18?/m0/s1. The summed E-state index contributed by atoms with van der Waals surface area (Å²) in [6.07, 6.45) is 1.28. The molecule has 6 heteroatoms. The third-order valence-electron chi connectivity index (χ3n) is 4.92. The molecule has 0 aromatic heterocycles. The Bertz CT molecular complexity index is 625. The molecular formula is C21H31NO5. The number of hydrogen-bond donors (Lipinski definition) is 2. The first-order chi connectivity index (χ1) is 12.7. The summed E-state index contributed by atoms with van der Waals surface area (Å²) in [6.45, 7) is 5.37. The molecule has 0 heterocycles. The highest BCUT2D eigenvalue weighted by atomic mass is 16.6. The molecule has 1 aliphatic rings. The maximum atomic E-state index is 12.3. The third kappa shape index (κ3) is 6.24. The van der Waals surface area contributed by atoms with Crippen molar-refractivity contribution in [3.63, 3.8) is 0 Å². The molecular weight excluding hydrogens is 346 g/mol. The fourth-order valence-corrected chi connectivity index (χ4v) is 3.72. The summed E-state index contributed by atoms with van der Waals surface area (Å²) < 4.78 is 10.3. The number of aliphatic hydroxyl groups is 1. The Kier molecular flexibility index (Phi) is 7.25. The van der Waals surface area contributed by atoms with Gasteiger partial charge in [-0.15, -0.1) is 0 Å². The van der Waals surface area contributed by atoms with E-state index in [1.807, 2.05) is 30.3 Å². The molecule has 0 aliphatic heterocycles. The van der Waals surface area contributed by atoms with E-state index < -0.39 is 23.8 Å². The van der Waals surface area contributed by atoms with Crippen LogP contribution in [-0.4, -0.2) is 42.0 Å². The van der Waals surface area contributed by atoms with E-state index in [0.29, 0.717) is 12.8 Å². The van der Waals surface area contributed by atoms with E-state index in [4.69, 9.17) is 9.47 Å². The molecule has 0 radical (unpaired) electrons. The third-order valence-corrected chi connectivity index (χ3v) is 4.92. The summed E-state index contributed by atoms with van der Waals surface area (Å²) in [5.41, 5.74) is 0.360. The summed E-state index contributed by atoms with van der Waals surface area (Å²) in [4.78, 5) is 24.4. The van der Waals surface area contributed by atoms with Crippen LogP contribution in [0.2, 0.25) is 0 Å². The first kappa shape index (κ1) is 21.2. The normalized spacial score (nSPS) is 22.0. The zero-order valence-electron chi connectivity index (χ0n) is 16.6. The Morgan fingerprint density at radius 2 is 1.89 bits per heavy atom. The molecule has 1 saturated carbocycles. The summed E-state index contributed by atoms with van der Waals surface area (Å²) in [5, 5.41) is 13.9. The van der Waals surface area contributed by atoms with Crippen LogP contribution in [0.25, 0.3) is 0 Å². The summed E-state index contributed by atoms with van der Waals surface area (Å²) in [7, 11) is 1.37. The molecule has 2 N–H and O–H groups in total. The predicted molar refractivity (Wildman–Crippen MR) is 102 cm³/mol. The van der Waals surface area contributed by atoms with Gasteiger partial charge in [-0.25, -0.2) is 4.79 Å². The Hall–Kier alpha value is -2.08. The molecule has 0 bridgehead atoms. The first-order valence-corrected chi connectivity index (χ1v) is 9.50. The van der Waals surface area contributed by atoms with Crippen molar-refractivity contribution in [1.82, 2.24) is 5.32 Å². The van der Waals surface area contributed by atoms with Gasteiger partial charge in [-0.05, 0) is 45.6 Å². The van der Waals surface area contributed by atoms with Crippen molar-refractivity contribution in [2.45, 2.75) is 64.2 Å². The molecule has 2 rings (SSSR count). The van der Waals surface area contributed by atoms with Crippen LogP contribution in [0, 0.1) is 11.8 Å². The molecule has 6 nitrogen and oxygen atoms in total. The molecule has 1 aromatic rings. The molecule has 1 fully saturated rings. The number of esters is 1. The van der Waals surface area contributed by atoms with Gasteiger partial charge in [0.1, 0.15) is 5.60 Å². The Morgan fingerprint density at radius 1 is 1.22 bits per heavy atom. The lowest BCUT2D eigenvalue weighted by atomic mass is 9.85. The summed E-state index contributed by atoms with van der Waals surface area (Å²) in [6, 6.07) is 9.09. The van der Waals surface area contributed by atoms with Gasteiger partial charge in [0.15, 0.2) is 0 Å². The number of benzene rings is 1. The van der Waals surface area contributed by atoms with Crippen molar-refractivity contribution in [3.05, 3.63) is 35.9 Å². The van der Waals surface area contributed by atoms with Gasteiger partial charge in [-0.3, -0.25) is 4.79 Å². The molecule has 1 amide bonds. The largest absolute Gasteiger partial charge is 0.469 e. The lowest BCUT2D eigenvalue weighted by Gasteiger charge is -2.31. The summed E-state index contributed by atoms with van der Waals surface area (Å²) >= 11 is 0. The van der Waals surface area contributed by atoms with Gasteiger partial charge in [0.25, 0.3) is 0 Å². The number of alkyl carbamates (subject to hydrolysis) is 1. The monoisotopic (exact) mass is 377 g/mol. The number of nitrogens with one attached hydrogen (secondary N) is 1. The van der Waals surface area contributed by atoms with Gasteiger partial charge in [0.2, 0.25) is 0 Å². The van der Waals surface area contributed by atoms with Crippen LogP contribution in [-0.2, 0) is 20.7 Å². The molecule has 1 aliphatic carbocycles. The van der Waals surface area contributed by atoms with E-state index in [2.05, 4.69) is 5.32 Å². The van der Waals surface area contributed by atoms with Gasteiger partial charge in [0, 0.05) is 5.92 Å². The van der Waals surface area contributed by atoms with E-state index in [1.165, 1.54) is 7.11 Å². The van der Waals surface area contributed by atoms with E-state index in [-0.39, 0.29) is 17.8 Å². The zero-order valence-corrected chi connectivity index (χ0v) is 16.6. The number of aliphatic hydroxyl groups excluding tert-OH is 1. The Morgan fingerprint density at radius 3 is 2.48 bits per heavy atom. The Labute approximate surface area is 161 Å². The first-order valence-electron chi connectivity index (χ1n) is 9.50. The van der Waals surface area contributed by atoms with Gasteiger partial charge < -0.3 is 19.9 Å². The van der Waals surface area contributed by atoms with Crippen molar-refractivity contribution in [3.8, 4) is 0 Å². The lowest BCUT2D eigenvalue weighted by molar-refractivity contribution is -0.148. The molecule has 0 spiro atoms. The van der Waals surface area contributed by atoms with Gasteiger partial charge in [-0.1, -0.05) is 36.8 Å². The predicted octanol–water partition coefficient (Wildman–Crippen LogP) is 3.07. The maximum absolute atomic E-state index is 12.3. The number of carbonyl (C=O) groups is 2. The maximum Gasteiger partial charge on any atom is 0.407 e. The number of ether oxygens (including phenoxy) is 2. The second-order valence-electron chi connectivity index (χ2n) is 8.16. The molecule has 2 unspecified atom stereocenters. The number of carbonyl (C=O) groups excluding carboxylic acids is 2. The van der Waals surface area contributed by atoms with Crippen molar-refractivity contribution < 1.29 is 24.2 Å². The number of hydrogen-bond acceptors (Lipinski definition) is 5.